The van der Waals surface area contributed by atoms with Gasteiger partial charge in [0.1, 0.15) is 17.6 Å². The van der Waals surface area contributed by atoms with Crippen LogP contribution in [0.2, 0.25) is 0 Å². The molecular weight excluding hydrogens is 318 g/mol. The van der Waals surface area contributed by atoms with Crippen molar-refractivity contribution in [1.82, 2.24) is 0 Å². The third kappa shape index (κ3) is 2.33. The molecule has 0 heterocycles. The van der Waals surface area contributed by atoms with Crippen molar-refractivity contribution >= 4 is 15.9 Å². The van der Waals surface area contributed by atoms with Gasteiger partial charge in [-0.25, -0.2) is 0 Å². The Balaban J connectivity index is 1.74. The van der Waals surface area contributed by atoms with Crippen LogP contribution in [0.1, 0.15) is 38.5 Å². The summed E-state index contributed by atoms with van der Waals surface area (Å²) in [5.41, 5.74) is 6.52. The van der Waals surface area contributed by atoms with Gasteiger partial charge in [-0.2, -0.15) is 0 Å². The van der Waals surface area contributed by atoms with E-state index < -0.39 is 0 Å². The van der Waals surface area contributed by atoms with Crippen LogP contribution in [0.5, 0.6) is 11.5 Å². The van der Waals surface area contributed by atoms with Crippen LogP contribution in [-0.4, -0.2) is 19.3 Å². The molecule has 0 aromatic heterocycles. The maximum absolute atomic E-state index is 6.30. The first-order valence-corrected chi connectivity index (χ1v) is 8.21. The molecule has 1 aromatic carbocycles. The first-order valence-electron chi connectivity index (χ1n) is 7.41. The predicted molar refractivity (Wildman–Crippen MR) is 83.2 cm³/mol. The summed E-state index contributed by atoms with van der Waals surface area (Å²) in [5, 5.41) is 0. The lowest BCUT2D eigenvalue weighted by atomic mass is 9.55. The number of ether oxygens (including phenoxy) is 2. The predicted octanol–water partition coefficient (Wildman–Crippen LogP) is 3.89. The molecule has 3 nitrogen and oxygen atoms in total. The van der Waals surface area contributed by atoms with E-state index in [1.54, 1.807) is 7.11 Å². The van der Waals surface area contributed by atoms with Gasteiger partial charge >= 0.3 is 0 Å². The average molecular weight is 340 g/mol. The summed E-state index contributed by atoms with van der Waals surface area (Å²) in [5.74, 6) is 1.73. The van der Waals surface area contributed by atoms with E-state index in [0.29, 0.717) is 6.04 Å². The van der Waals surface area contributed by atoms with Crippen molar-refractivity contribution in [2.75, 3.05) is 7.11 Å². The van der Waals surface area contributed by atoms with Gasteiger partial charge in [-0.1, -0.05) is 19.3 Å². The largest absolute Gasteiger partial charge is 0.497 e. The van der Waals surface area contributed by atoms with Crippen molar-refractivity contribution in [2.24, 2.45) is 11.1 Å². The molecule has 1 spiro atoms. The van der Waals surface area contributed by atoms with E-state index >= 15 is 0 Å². The summed E-state index contributed by atoms with van der Waals surface area (Å²) >= 11 is 3.56. The highest BCUT2D eigenvalue weighted by molar-refractivity contribution is 9.10. The minimum absolute atomic E-state index is 0.220. The SMILES string of the molecule is COc1ccc(OC2CC(N)C23CCCCC3)c(Br)c1. The standard InChI is InChI=1S/C16H22BrNO2/c1-19-11-5-6-13(12(17)9-11)20-15-10-14(18)16(15)7-3-2-4-8-16/h5-6,9,14-15H,2-4,7-8,10,18H2,1H3. The van der Waals surface area contributed by atoms with Crippen LogP contribution in [0.3, 0.4) is 0 Å². The quantitative estimate of drug-likeness (QED) is 0.908. The Kier molecular flexibility index (Phi) is 3.95. The van der Waals surface area contributed by atoms with Gasteiger partial charge in [-0.3, -0.25) is 0 Å². The third-order valence-electron chi connectivity index (χ3n) is 5.04. The van der Waals surface area contributed by atoms with Gasteiger partial charge in [0.05, 0.1) is 11.6 Å². The van der Waals surface area contributed by atoms with Crippen LogP contribution in [-0.2, 0) is 0 Å². The highest BCUT2D eigenvalue weighted by Gasteiger charge is 2.55. The summed E-state index contributed by atoms with van der Waals surface area (Å²) in [7, 11) is 1.67. The number of halogens is 1. The second-order valence-corrected chi connectivity index (χ2v) is 6.89. The number of rotatable bonds is 3. The van der Waals surface area contributed by atoms with E-state index in [1.165, 1.54) is 32.1 Å². The highest BCUT2D eigenvalue weighted by Crippen LogP contribution is 2.52. The molecule has 0 saturated heterocycles. The van der Waals surface area contributed by atoms with E-state index in [9.17, 15) is 0 Å². The van der Waals surface area contributed by atoms with Gasteiger partial charge in [0.15, 0.2) is 0 Å². The topological polar surface area (TPSA) is 44.5 Å². The van der Waals surface area contributed by atoms with Crippen LogP contribution in [0.15, 0.2) is 22.7 Å². The molecular formula is C16H22BrNO2. The number of hydrogen-bond acceptors (Lipinski definition) is 3. The molecule has 4 heteroatoms. The average Bonchev–Trinajstić information content (AvgIpc) is 2.49. The van der Waals surface area contributed by atoms with Crippen LogP contribution in [0, 0.1) is 5.41 Å². The lowest BCUT2D eigenvalue weighted by molar-refractivity contribution is -0.0901. The van der Waals surface area contributed by atoms with Gasteiger partial charge < -0.3 is 15.2 Å². The van der Waals surface area contributed by atoms with Crippen molar-refractivity contribution in [3.05, 3.63) is 22.7 Å². The number of nitrogens with two attached hydrogens (primary N) is 1. The van der Waals surface area contributed by atoms with E-state index in [0.717, 1.165) is 22.4 Å². The third-order valence-corrected chi connectivity index (χ3v) is 5.66. The minimum atomic E-state index is 0.220. The van der Waals surface area contributed by atoms with E-state index in [4.69, 9.17) is 15.2 Å². The monoisotopic (exact) mass is 339 g/mol. The van der Waals surface area contributed by atoms with Gasteiger partial charge in [0.2, 0.25) is 0 Å². The Morgan fingerprint density at radius 3 is 2.60 bits per heavy atom. The van der Waals surface area contributed by atoms with Crippen LogP contribution >= 0.6 is 15.9 Å². The second-order valence-electron chi connectivity index (χ2n) is 6.04. The van der Waals surface area contributed by atoms with E-state index in [2.05, 4.69) is 15.9 Å². The summed E-state index contributed by atoms with van der Waals surface area (Å²) < 4.78 is 12.4. The zero-order chi connectivity index (χ0) is 14.2. The zero-order valence-electron chi connectivity index (χ0n) is 11.9. The highest BCUT2D eigenvalue weighted by atomic mass is 79.9. The normalized spacial score (nSPS) is 27.9. The summed E-state index contributed by atoms with van der Waals surface area (Å²) in [6.45, 7) is 0. The van der Waals surface area contributed by atoms with Crippen LogP contribution in [0.25, 0.3) is 0 Å². The Morgan fingerprint density at radius 1 is 1.25 bits per heavy atom. The van der Waals surface area contributed by atoms with Gasteiger partial charge in [-0.05, 0) is 47.0 Å². The first kappa shape index (κ1) is 14.2. The Hall–Kier alpha value is -0.740. The van der Waals surface area contributed by atoms with Gasteiger partial charge in [0, 0.05) is 17.9 Å². The molecule has 1 aromatic rings. The Bertz CT molecular complexity index is 485. The van der Waals surface area contributed by atoms with Gasteiger partial charge in [0.25, 0.3) is 0 Å². The fourth-order valence-corrected chi connectivity index (χ4v) is 4.16. The van der Waals surface area contributed by atoms with Crippen molar-refractivity contribution in [1.29, 1.82) is 0 Å². The molecule has 0 aliphatic heterocycles. The lowest BCUT2D eigenvalue weighted by Crippen LogP contribution is -2.64. The molecule has 0 bridgehead atoms. The molecule has 20 heavy (non-hydrogen) atoms. The molecule has 2 fully saturated rings. The van der Waals surface area contributed by atoms with E-state index in [1.807, 2.05) is 18.2 Å². The lowest BCUT2D eigenvalue weighted by Gasteiger charge is -2.56. The van der Waals surface area contributed by atoms with Crippen LogP contribution in [0.4, 0.5) is 0 Å². The van der Waals surface area contributed by atoms with Crippen molar-refractivity contribution in [3.63, 3.8) is 0 Å². The molecule has 2 atom stereocenters. The Morgan fingerprint density at radius 2 is 2.00 bits per heavy atom. The number of hydrogen-bond donors (Lipinski definition) is 1. The Labute approximate surface area is 129 Å². The van der Waals surface area contributed by atoms with Gasteiger partial charge in [-0.15, -0.1) is 0 Å². The maximum atomic E-state index is 6.30. The smallest absolute Gasteiger partial charge is 0.134 e. The molecule has 2 aliphatic carbocycles. The van der Waals surface area contributed by atoms with Crippen molar-refractivity contribution in [3.8, 4) is 11.5 Å². The second kappa shape index (κ2) is 5.57. The molecule has 2 saturated carbocycles. The summed E-state index contributed by atoms with van der Waals surface area (Å²) in [4.78, 5) is 0. The van der Waals surface area contributed by atoms with Crippen LogP contribution < -0.4 is 15.2 Å². The van der Waals surface area contributed by atoms with Crippen molar-refractivity contribution < 1.29 is 9.47 Å². The summed E-state index contributed by atoms with van der Waals surface area (Å²) in [6.07, 6.45) is 7.59. The molecule has 3 rings (SSSR count). The summed E-state index contributed by atoms with van der Waals surface area (Å²) in [6, 6.07) is 6.17. The van der Waals surface area contributed by atoms with E-state index in [-0.39, 0.29) is 11.5 Å². The van der Waals surface area contributed by atoms with Crippen molar-refractivity contribution in [2.45, 2.75) is 50.7 Å². The minimum Gasteiger partial charge on any atom is -0.497 e. The molecule has 0 radical (unpaired) electrons. The molecule has 2 N–H and O–H groups in total. The zero-order valence-corrected chi connectivity index (χ0v) is 13.5. The molecule has 0 amide bonds. The number of methoxy groups -OCH3 is 1. The fourth-order valence-electron chi connectivity index (χ4n) is 3.70. The first-order chi connectivity index (χ1) is 9.65. The molecule has 2 unspecified atom stereocenters. The molecule has 2 aliphatic rings. The molecule has 110 valence electrons. The fraction of sp³-hybridized carbons (Fsp3) is 0.625. The maximum Gasteiger partial charge on any atom is 0.134 e. The number of benzene rings is 1.